The van der Waals surface area contributed by atoms with E-state index in [1.165, 1.54) is 0 Å². The van der Waals surface area contributed by atoms with E-state index in [-0.39, 0.29) is 29.5 Å². The van der Waals surface area contributed by atoms with Gasteiger partial charge in [0.1, 0.15) is 11.9 Å². The molecule has 1 aromatic rings. The van der Waals surface area contributed by atoms with Gasteiger partial charge >= 0.3 is 5.97 Å². The van der Waals surface area contributed by atoms with E-state index >= 15 is 0 Å². The SMILES string of the molecule is C/C(=C\c1csc(C)n1)[C@@H]1CC(C)C(C)(C)C/C=C/[C@H](C)[C@H](O)[C@@H](C)C(=O)C(C)(C)[C@@H](O)CC(=O)O1. The van der Waals surface area contributed by atoms with Crippen LogP contribution in [-0.4, -0.2) is 45.3 Å². The fraction of sp³-hybridized carbons (Fsp3) is 0.690. The fourth-order valence-electron chi connectivity index (χ4n) is 4.62. The summed E-state index contributed by atoms with van der Waals surface area (Å²) < 4.78 is 5.95. The summed E-state index contributed by atoms with van der Waals surface area (Å²) in [5, 5.41) is 24.7. The van der Waals surface area contributed by atoms with Gasteiger partial charge < -0.3 is 14.9 Å². The van der Waals surface area contributed by atoms with Gasteiger partial charge in [-0.15, -0.1) is 11.3 Å². The summed E-state index contributed by atoms with van der Waals surface area (Å²) in [6.45, 7) is 17.3. The molecule has 7 heteroatoms. The molecule has 0 bridgehead atoms. The van der Waals surface area contributed by atoms with E-state index in [2.05, 4.69) is 31.8 Å². The number of nitrogens with zero attached hydrogens (tertiary/aromatic N) is 1. The van der Waals surface area contributed by atoms with E-state index in [9.17, 15) is 19.8 Å². The topological polar surface area (TPSA) is 96.7 Å². The summed E-state index contributed by atoms with van der Waals surface area (Å²) in [5.74, 6) is -1.53. The highest BCUT2D eigenvalue weighted by Gasteiger charge is 2.42. The van der Waals surface area contributed by atoms with Gasteiger partial charge in [0.25, 0.3) is 0 Å². The number of thiazole rings is 1. The standard InChI is InChI=1S/C29H45NO5S/c1-17-11-10-12-28(6,7)19(3)14-23(18(2)13-22-16-36-21(5)30-22)35-25(32)15-24(31)29(8,9)27(34)20(4)26(17)33/h10-11,13,16-17,19-20,23-24,26,31,33H,12,14-15H2,1-9H3/b11-10+,18-13+/t17-,19?,20+,23-,24-,26-/m0/s1. The third-order valence-electron chi connectivity index (χ3n) is 8.07. The lowest BCUT2D eigenvalue weighted by molar-refractivity contribution is -0.155. The number of rotatable bonds is 2. The molecule has 1 aliphatic heterocycles. The van der Waals surface area contributed by atoms with Crippen molar-refractivity contribution in [3.63, 3.8) is 0 Å². The second-order valence-corrected chi connectivity index (χ2v) is 12.9. The van der Waals surface area contributed by atoms with Crippen LogP contribution in [0.5, 0.6) is 0 Å². The Morgan fingerprint density at radius 3 is 2.39 bits per heavy atom. The number of ketones is 1. The quantitative estimate of drug-likeness (QED) is 0.381. The van der Waals surface area contributed by atoms with E-state index in [0.717, 1.165) is 22.7 Å². The summed E-state index contributed by atoms with van der Waals surface area (Å²) in [4.78, 5) is 30.8. The molecule has 2 rings (SSSR count). The minimum absolute atomic E-state index is 0.0939. The first kappa shape index (κ1) is 30.4. The molecule has 0 radical (unpaired) electrons. The Hall–Kier alpha value is -1.83. The molecule has 0 spiro atoms. The van der Waals surface area contributed by atoms with Gasteiger partial charge in [-0.1, -0.05) is 60.6 Å². The maximum absolute atomic E-state index is 13.2. The van der Waals surface area contributed by atoms with Crippen LogP contribution >= 0.6 is 11.3 Å². The van der Waals surface area contributed by atoms with Crippen LogP contribution in [0.2, 0.25) is 0 Å². The molecule has 1 unspecified atom stereocenters. The van der Waals surface area contributed by atoms with Crippen LogP contribution in [0.3, 0.4) is 0 Å². The van der Waals surface area contributed by atoms with Crippen LogP contribution < -0.4 is 0 Å². The summed E-state index contributed by atoms with van der Waals surface area (Å²) in [5.41, 5.74) is 0.418. The molecule has 1 aromatic heterocycles. The minimum Gasteiger partial charge on any atom is -0.458 e. The number of aromatic nitrogens is 1. The molecule has 0 saturated carbocycles. The first-order valence-corrected chi connectivity index (χ1v) is 13.8. The van der Waals surface area contributed by atoms with Gasteiger partial charge in [0, 0.05) is 17.2 Å². The average Bonchev–Trinajstić information content (AvgIpc) is 3.20. The van der Waals surface area contributed by atoms with Crippen molar-refractivity contribution in [2.45, 2.75) is 99.9 Å². The zero-order valence-electron chi connectivity index (χ0n) is 23.4. The first-order valence-electron chi connectivity index (χ1n) is 12.9. The second kappa shape index (κ2) is 12.1. The summed E-state index contributed by atoms with van der Waals surface area (Å²) >= 11 is 1.57. The van der Waals surface area contributed by atoms with Gasteiger partial charge in [-0.3, -0.25) is 9.59 Å². The number of Topliss-reactive ketones (excluding diaryl/α,β-unsaturated/α-hetero) is 1. The number of aliphatic hydroxyl groups is 2. The Morgan fingerprint density at radius 2 is 1.81 bits per heavy atom. The van der Waals surface area contributed by atoms with Gasteiger partial charge in [0.15, 0.2) is 0 Å². The number of esters is 1. The molecule has 202 valence electrons. The Bertz CT molecular complexity index is 976. The average molecular weight is 520 g/mol. The molecular formula is C29H45NO5S. The number of hydrogen-bond acceptors (Lipinski definition) is 7. The third kappa shape index (κ3) is 7.59. The van der Waals surface area contributed by atoms with Crippen molar-refractivity contribution in [1.82, 2.24) is 4.98 Å². The van der Waals surface area contributed by atoms with E-state index in [0.29, 0.717) is 6.42 Å². The monoisotopic (exact) mass is 519 g/mol. The summed E-state index contributed by atoms with van der Waals surface area (Å²) in [6, 6.07) is 0. The van der Waals surface area contributed by atoms with E-state index < -0.39 is 35.6 Å². The van der Waals surface area contributed by atoms with E-state index in [1.807, 2.05) is 38.3 Å². The first-order chi connectivity index (χ1) is 16.6. The molecule has 2 heterocycles. The van der Waals surface area contributed by atoms with Crippen LogP contribution in [-0.2, 0) is 14.3 Å². The summed E-state index contributed by atoms with van der Waals surface area (Å²) in [6.07, 6.45) is 4.52. The summed E-state index contributed by atoms with van der Waals surface area (Å²) in [7, 11) is 0. The zero-order chi connectivity index (χ0) is 27.4. The van der Waals surface area contributed by atoms with Crippen molar-refractivity contribution in [2.24, 2.45) is 28.6 Å². The molecule has 0 aliphatic carbocycles. The number of hydrogen-bond donors (Lipinski definition) is 2. The highest BCUT2D eigenvalue weighted by atomic mass is 32.1. The molecular weight excluding hydrogens is 474 g/mol. The number of allylic oxidation sites excluding steroid dienone is 1. The van der Waals surface area contributed by atoms with Gasteiger partial charge in [-0.25, -0.2) is 4.98 Å². The lowest BCUT2D eigenvalue weighted by Gasteiger charge is -2.36. The molecule has 0 aromatic carbocycles. The van der Waals surface area contributed by atoms with Crippen molar-refractivity contribution >= 4 is 29.2 Å². The van der Waals surface area contributed by atoms with Crippen molar-refractivity contribution in [1.29, 1.82) is 0 Å². The molecule has 6 atom stereocenters. The molecule has 0 fully saturated rings. The molecule has 0 saturated heterocycles. The highest BCUT2D eigenvalue weighted by molar-refractivity contribution is 7.09. The van der Waals surface area contributed by atoms with E-state index in [4.69, 9.17) is 4.74 Å². The van der Waals surface area contributed by atoms with Crippen molar-refractivity contribution < 1.29 is 24.5 Å². The van der Waals surface area contributed by atoms with Gasteiger partial charge in [-0.2, -0.15) is 0 Å². The number of carbonyl (C=O) groups is 2. The molecule has 36 heavy (non-hydrogen) atoms. The second-order valence-electron chi connectivity index (χ2n) is 11.9. The predicted molar refractivity (Wildman–Crippen MR) is 145 cm³/mol. The number of aryl methyl sites for hydroxylation is 1. The largest absolute Gasteiger partial charge is 0.458 e. The molecule has 0 amide bonds. The van der Waals surface area contributed by atoms with Crippen LogP contribution in [0.25, 0.3) is 6.08 Å². The zero-order valence-corrected chi connectivity index (χ0v) is 24.2. The highest BCUT2D eigenvalue weighted by Crippen LogP contribution is 2.37. The lowest BCUT2D eigenvalue weighted by Crippen LogP contribution is -2.45. The van der Waals surface area contributed by atoms with Crippen LogP contribution in [0.1, 0.15) is 85.4 Å². The number of aliphatic hydroxyl groups excluding tert-OH is 2. The lowest BCUT2D eigenvalue weighted by atomic mass is 9.72. The Morgan fingerprint density at radius 1 is 1.17 bits per heavy atom. The smallest absolute Gasteiger partial charge is 0.309 e. The third-order valence-corrected chi connectivity index (χ3v) is 8.86. The number of cyclic esters (lactones) is 1. The number of ether oxygens (including phenoxy) is 1. The van der Waals surface area contributed by atoms with Crippen LogP contribution in [0, 0.1) is 35.5 Å². The van der Waals surface area contributed by atoms with Crippen molar-refractivity contribution in [3.05, 3.63) is 33.8 Å². The van der Waals surface area contributed by atoms with Gasteiger partial charge in [0.2, 0.25) is 0 Å². The minimum atomic E-state index is -1.23. The van der Waals surface area contributed by atoms with Gasteiger partial charge in [0.05, 0.1) is 34.7 Å². The Kier molecular flexibility index (Phi) is 10.3. The Labute approximate surface area is 220 Å². The predicted octanol–water partition coefficient (Wildman–Crippen LogP) is 5.76. The normalized spacial score (nSPS) is 33.7. The van der Waals surface area contributed by atoms with E-state index in [1.54, 1.807) is 32.1 Å². The van der Waals surface area contributed by atoms with Crippen LogP contribution in [0.15, 0.2) is 23.1 Å². The van der Waals surface area contributed by atoms with Crippen LogP contribution in [0.4, 0.5) is 0 Å². The Balaban J connectivity index is 2.44. The maximum atomic E-state index is 13.2. The van der Waals surface area contributed by atoms with Crippen molar-refractivity contribution in [2.75, 3.05) is 0 Å². The maximum Gasteiger partial charge on any atom is 0.309 e. The number of carbonyl (C=O) groups excluding carboxylic acids is 2. The molecule has 6 nitrogen and oxygen atoms in total. The molecule has 2 N–H and O–H groups in total. The van der Waals surface area contributed by atoms with Crippen molar-refractivity contribution in [3.8, 4) is 0 Å². The van der Waals surface area contributed by atoms with Gasteiger partial charge in [-0.05, 0) is 49.7 Å². The molecule has 1 aliphatic rings. The fourth-order valence-corrected chi connectivity index (χ4v) is 5.19.